The average Bonchev–Trinajstić information content (AvgIpc) is 2.34. The summed E-state index contributed by atoms with van der Waals surface area (Å²) in [6, 6.07) is 5.02. The molecule has 17 heavy (non-hydrogen) atoms. The van der Waals surface area contributed by atoms with Gasteiger partial charge in [-0.25, -0.2) is 0 Å². The average molecular weight is 237 g/mol. The molecule has 0 unspecified atom stereocenters. The van der Waals surface area contributed by atoms with Gasteiger partial charge in [0.25, 0.3) is 5.91 Å². The number of aliphatic hydroxyl groups excluding tert-OH is 1. The molecule has 0 bridgehead atoms. The lowest BCUT2D eigenvalue weighted by atomic mass is 10.1. The van der Waals surface area contributed by atoms with E-state index in [1.165, 1.54) is 7.11 Å². The van der Waals surface area contributed by atoms with Gasteiger partial charge >= 0.3 is 0 Å². The van der Waals surface area contributed by atoms with Crippen molar-refractivity contribution in [1.82, 2.24) is 5.32 Å². The fourth-order valence-electron chi connectivity index (χ4n) is 1.42. The minimum Gasteiger partial charge on any atom is -0.496 e. The van der Waals surface area contributed by atoms with E-state index in [1.807, 2.05) is 13.8 Å². The molecule has 0 radical (unpaired) electrons. The molecule has 0 heterocycles. The van der Waals surface area contributed by atoms with Crippen LogP contribution in [0.15, 0.2) is 18.2 Å². The molecule has 0 saturated carbocycles. The Balaban J connectivity index is 2.81. The number of rotatable bonds is 5. The summed E-state index contributed by atoms with van der Waals surface area (Å²) in [6.07, 6.45) is 0. The largest absolute Gasteiger partial charge is 0.496 e. The topological polar surface area (TPSA) is 58.6 Å². The number of ether oxygens (including phenoxy) is 1. The number of aliphatic hydroxyl groups is 1. The lowest BCUT2D eigenvalue weighted by Gasteiger charge is -2.10. The van der Waals surface area contributed by atoms with Crippen molar-refractivity contribution in [2.24, 2.45) is 5.92 Å². The number of hydrogen-bond acceptors (Lipinski definition) is 3. The van der Waals surface area contributed by atoms with E-state index < -0.39 is 0 Å². The fourth-order valence-corrected chi connectivity index (χ4v) is 1.42. The maximum absolute atomic E-state index is 11.8. The second kappa shape index (κ2) is 6.25. The Morgan fingerprint density at radius 1 is 1.47 bits per heavy atom. The number of nitrogens with one attached hydrogen (secondary N) is 1. The van der Waals surface area contributed by atoms with Gasteiger partial charge in [-0.1, -0.05) is 19.9 Å². The summed E-state index contributed by atoms with van der Waals surface area (Å²) in [5.41, 5.74) is 1.22. The van der Waals surface area contributed by atoms with E-state index in [-0.39, 0.29) is 12.5 Å². The third kappa shape index (κ3) is 3.75. The van der Waals surface area contributed by atoms with Gasteiger partial charge in [-0.05, 0) is 18.1 Å². The van der Waals surface area contributed by atoms with Gasteiger partial charge < -0.3 is 15.2 Å². The number of methoxy groups -OCH3 is 1. The van der Waals surface area contributed by atoms with Gasteiger partial charge in [0.2, 0.25) is 0 Å². The van der Waals surface area contributed by atoms with Crippen molar-refractivity contribution >= 4 is 5.91 Å². The molecule has 0 fully saturated rings. The van der Waals surface area contributed by atoms with E-state index >= 15 is 0 Å². The Labute approximate surface area is 102 Å². The van der Waals surface area contributed by atoms with Gasteiger partial charge in [0.15, 0.2) is 0 Å². The summed E-state index contributed by atoms with van der Waals surface area (Å²) < 4.78 is 5.11. The van der Waals surface area contributed by atoms with E-state index in [0.29, 0.717) is 29.3 Å². The predicted octanol–water partition coefficient (Wildman–Crippen LogP) is 1.57. The minimum atomic E-state index is -0.124. The number of carbonyl (C=O) groups excluding carboxylic acids is 1. The van der Waals surface area contributed by atoms with Gasteiger partial charge in [0.1, 0.15) is 5.75 Å². The van der Waals surface area contributed by atoms with E-state index in [4.69, 9.17) is 9.84 Å². The molecule has 94 valence electrons. The zero-order valence-corrected chi connectivity index (χ0v) is 10.5. The minimum absolute atomic E-state index is 0.100. The molecule has 2 N–H and O–H groups in total. The lowest BCUT2D eigenvalue weighted by Crippen LogP contribution is -2.27. The van der Waals surface area contributed by atoms with Crippen LogP contribution in [0.1, 0.15) is 29.8 Å². The molecule has 4 nitrogen and oxygen atoms in total. The summed E-state index contributed by atoms with van der Waals surface area (Å²) in [5, 5.41) is 11.9. The van der Waals surface area contributed by atoms with Gasteiger partial charge in [-0.2, -0.15) is 0 Å². The van der Waals surface area contributed by atoms with Crippen LogP contribution in [0.5, 0.6) is 5.75 Å². The van der Waals surface area contributed by atoms with Crippen LogP contribution in [0, 0.1) is 5.92 Å². The molecule has 1 aromatic rings. The van der Waals surface area contributed by atoms with Gasteiger partial charge in [-0.15, -0.1) is 0 Å². The van der Waals surface area contributed by atoms with Crippen LogP contribution < -0.4 is 10.1 Å². The molecule has 1 aromatic carbocycles. The SMILES string of the molecule is COc1cc(C(=O)NCC(C)C)ccc1CO. The highest BCUT2D eigenvalue weighted by Gasteiger charge is 2.09. The van der Waals surface area contributed by atoms with E-state index in [1.54, 1.807) is 18.2 Å². The maximum Gasteiger partial charge on any atom is 0.251 e. The van der Waals surface area contributed by atoms with Crippen LogP contribution in [0.2, 0.25) is 0 Å². The monoisotopic (exact) mass is 237 g/mol. The molecule has 0 aliphatic heterocycles. The molecular weight excluding hydrogens is 218 g/mol. The Hall–Kier alpha value is -1.55. The van der Waals surface area contributed by atoms with Crippen molar-refractivity contribution in [2.45, 2.75) is 20.5 Å². The van der Waals surface area contributed by atoms with Crippen molar-refractivity contribution in [3.05, 3.63) is 29.3 Å². The Morgan fingerprint density at radius 2 is 2.18 bits per heavy atom. The molecule has 0 aromatic heterocycles. The van der Waals surface area contributed by atoms with Crippen molar-refractivity contribution in [3.8, 4) is 5.75 Å². The van der Waals surface area contributed by atoms with E-state index in [2.05, 4.69) is 5.32 Å². The first-order chi connectivity index (χ1) is 8.08. The summed E-state index contributed by atoms with van der Waals surface area (Å²) in [5.74, 6) is 0.823. The van der Waals surface area contributed by atoms with Crippen LogP contribution >= 0.6 is 0 Å². The Bertz CT molecular complexity index is 388. The zero-order chi connectivity index (χ0) is 12.8. The third-order valence-electron chi connectivity index (χ3n) is 2.39. The highest BCUT2D eigenvalue weighted by molar-refractivity contribution is 5.94. The number of benzene rings is 1. The molecule has 4 heteroatoms. The number of amides is 1. The zero-order valence-electron chi connectivity index (χ0n) is 10.5. The summed E-state index contributed by atoms with van der Waals surface area (Å²) >= 11 is 0. The van der Waals surface area contributed by atoms with Crippen LogP contribution in [0.25, 0.3) is 0 Å². The molecule has 0 spiro atoms. The highest BCUT2D eigenvalue weighted by Crippen LogP contribution is 2.20. The van der Waals surface area contributed by atoms with Crippen LogP contribution in [0.3, 0.4) is 0 Å². The maximum atomic E-state index is 11.8. The third-order valence-corrected chi connectivity index (χ3v) is 2.39. The second-order valence-electron chi connectivity index (χ2n) is 4.29. The van der Waals surface area contributed by atoms with Crippen LogP contribution in [0.4, 0.5) is 0 Å². The summed E-state index contributed by atoms with van der Waals surface area (Å²) in [4.78, 5) is 11.8. The lowest BCUT2D eigenvalue weighted by molar-refractivity contribution is 0.0948. The Morgan fingerprint density at radius 3 is 2.71 bits per heavy atom. The van der Waals surface area contributed by atoms with Crippen LogP contribution in [-0.4, -0.2) is 24.7 Å². The molecule has 1 amide bonds. The van der Waals surface area contributed by atoms with Gasteiger partial charge in [0.05, 0.1) is 13.7 Å². The number of hydrogen-bond donors (Lipinski definition) is 2. The summed E-state index contributed by atoms with van der Waals surface area (Å²) in [6.45, 7) is 4.62. The van der Waals surface area contributed by atoms with Crippen molar-refractivity contribution in [1.29, 1.82) is 0 Å². The normalized spacial score (nSPS) is 10.4. The molecule has 0 atom stereocenters. The first-order valence-electron chi connectivity index (χ1n) is 5.64. The first-order valence-corrected chi connectivity index (χ1v) is 5.64. The molecular formula is C13H19NO3. The standard InChI is InChI=1S/C13H19NO3/c1-9(2)7-14-13(16)10-4-5-11(8-15)12(6-10)17-3/h4-6,9,15H,7-8H2,1-3H3,(H,14,16). The Kier molecular flexibility index (Phi) is 4.97. The molecule has 1 rings (SSSR count). The predicted molar refractivity (Wildman–Crippen MR) is 66.1 cm³/mol. The highest BCUT2D eigenvalue weighted by atomic mass is 16.5. The fraction of sp³-hybridized carbons (Fsp3) is 0.462. The summed E-state index contributed by atoms with van der Waals surface area (Å²) in [7, 11) is 1.52. The van der Waals surface area contributed by atoms with E-state index in [0.717, 1.165) is 0 Å². The molecule has 0 saturated heterocycles. The first kappa shape index (κ1) is 13.5. The second-order valence-corrected chi connectivity index (χ2v) is 4.29. The van der Waals surface area contributed by atoms with Crippen molar-refractivity contribution < 1.29 is 14.6 Å². The van der Waals surface area contributed by atoms with Gasteiger partial charge in [0, 0.05) is 17.7 Å². The van der Waals surface area contributed by atoms with E-state index in [9.17, 15) is 4.79 Å². The molecule has 0 aliphatic rings. The number of carbonyl (C=O) groups is 1. The van der Waals surface area contributed by atoms with Gasteiger partial charge in [-0.3, -0.25) is 4.79 Å². The smallest absolute Gasteiger partial charge is 0.251 e. The quantitative estimate of drug-likeness (QED) is 0.817. The van der Waals surface area contributed by atoms with Crippen molar-refractivity contribution in [3.63, 3.8) is 0 Å². The van der Waals surface area contributed by atoms with Crippen LogP contribution in [-0.2, 0) is 6.61 Å². The van der Waals surface area contributed by atoms with Crippen molar-refractivity contribution in [2.75, 3.05) is 13.7 Å². The molecule has 0 aliphatic carbocycles.